The molecule has 92 valence electrons. The molecule has 0 saturated carbocycles. The first kappa shape index (κ1) is 12.2. The van der Waals surface area contributed by atoms with Gasteiger partial charge in [0.25, 0.3) is 5.91 Å². The van der Waals surface area contributed by atoms with Crippen molar-refractivity contribution in [2.45, 2.75) is 6.92 Å². The smallest absolute Gasteiger partial charge is 0.257 e. The van der Waals surface area contributed by atoms with Crippen LogP contribution in [0.1, 0.15) is 25.7 Å². The molecule has 7 heteroatoms. The number of primary amides is 1. The number of aromatic nitrogens is 2. The van der Waals surface area contributed by atoms with E-state index >= 15 is 0 Å². The largest absolute Gasteiger partial charge is 0.366 e. The first-order valence-corrected chi connectivity index (χ1v) is 5.89. The Balaban J connectivity index is 2.18. The number of anilines is 1. The van der Waals surface area contributed by atoms with Crippen LogP contribution in [0.15, 0.2) is 24.3 Å². The molecule has 0 spiro atoms. The van der Waals surface area contributed by atoms with Gasteiger partial charge < -0.3 is 5.73 Å². The lowest BCUT2D eigenvalue weighted by molar-refractivity contribution is 0.1000. The van der Waals surface area contributed by atoms with Gasteiger partial charge in [-0.05, 0) is 25.1 Å². The molecule has 2 rings (SSSR count). The molecule has 2 amide bonds. The van der Waals surface area contributed by atoms with E-state index in [0.29, 0.717) is 10.7 Å². The van der Waals surface area contributed by atoms with Gasteiger partial charge >= 0.3 is 0 Å². The van der Waals surface area contributed by atoms with Crippen LogP contribution in [0.2, 0.25) is 0 Å². The fraction of sp³-hybridized carbons (Fsp3) is 0.0909. The van der Waals surface area contributed by atoms with Crippen molar-refractivity contribution in [2.75, 3.05) is 5.32 Å². The van der Waals surface area contributed by atoms with Crippen LogP contribution >= 0.6 is 11.3 Å². The van der Waals surface area contributed by atoms with Crippen molar-refractivity contribution in [3.63, 3.8) is 0 Å². The van der Waals surface area contributed by atoms with Gasteiger partial charge in [0.2, 0.25) is 11.0 Å². The molecule has 0 aliphatic carbocycles. The highest BCUT2D eigenvalue weighted by Crippen LogP contribution is 2.15. The van der Waals surface area contributed by atoms with Crippen LogP contribution in [0.25, 0.3) is 0 Å². The predicted octanol–water partition coefficient (Wildman–Crippen LogP) is 1.20. The molecule has 1 aromatic carbocycles. The maximum atomic E-state index is 11.9. The Bertz CT molecular complexity index is 609. The van der Waals surface area contributed by atoms with Gasteiger partial charge in [0.1, 0.15) is 5.01 Å². The summed E-state index contributed by atoms with van der Waals surface area (Å²) in [6, 6.07) is 6.18. The van der Waals surface area contributed by atoms with E-state index in [9.17, 15) is 9.59 Å². The maximum absolute atomic E-state index is 11.9. The standard InChI is InChI=1S/C11H10N4O2S/c1-6-14-15-11(18-6)13-10(17)8-4-2-3-7(5-8)9(12)16/h2-5H,1H3,(H2,12,16)(H,13,15,17). The van der Waals surface area contributed by atoms with Gasteiger partial charge in [-0.3, -0.25) is 14.9 Å². The third-order valence-electron chi connectivity index (χ3n) is 2.16. The second-order valence-corrected chi connectivity index (χ2v) is 4.71. The number of nitrogens with two attached hydrogens (primary N) is 1. The van der Waals surface area contributed by atoms with Crippen molar-refractivity contribution < 1.29 is 9.59 Å². The van der Waals surface area contributed by atoms with E-state index in [4.69, 9.17) is 5.73 Å². The van der Waals surface area contributed by atoms with E-state index in [1.165, 1.54) is 17.4 Å². The summed E-state index contributed by atoms with van der Waals surface area (Å²) in [5, 5.41) is 11.4. The first-order valence-electron chi connectivity index (χ1n) is 5.07. The molecule has 0 bridgehead atoms. The number of hydrogen-bond acceptors (Lipinski definition) is 5. The highest BCUT2D eigenvalue weighted by molar-refractivity contribution is 7.15. The minimum absolute atomic E-state index is 0.288. The van der Waals surface area contributed by atoms with Crippen LogP contribution in [0.5, 0.6) is 0 Å². The molecule has 0 unspecified atom stereocenters. The molecule has 0 aliphatic heterocycles. The molecule has 0 saturated heterocycles. The molecule has 1 aromatic heterocycles. The molecule has 3 N–H and O–H groups in total. The summed E-state index contributed by atoms with van der Waals surface area (Å²) in [6.07, 6.45) is 0. The Morgan fingerprint density at radius 1 is 1.28 bits per heavy atom. The van der Waals surface area contributed by atoms with Crippen LogP contribution in [0, 0.1) is 6.92 Å². The second kappa shape index (κ2) is 4.92. The van der Waals surface area contributed by atoms with Crippen molar-refractivity contribution in [2.24, 2.45) is 5.73 Å². The van der Waals surface area contributed by atoms with Gasteiger partial charge in [-0.2, -0.15) is 0 Å². The molecular formula is C11H10N4O2S. The Hall–Kier alpha value is -2.28. The topological polar surface area (TPSA) is 98.0 Å². The monoisotopic (exact) mass is 262 g/mol. The third kappa shape index (κ3) is 2.69. The zero-order chi connectivity index (χ0) is 13.1. The van der Waals surface area contributed by atoms with Crippen LogP contribution in [0.4, 0.5) is 5.13 Å². The van der Waals surface area contributed by atoms with Gasteiger partial charge in [-0.1, -0.05) is 17.4 Å². The SMILES string of the molecule is Cc1nnc(NC(=O)c2cccc(C(N)=O)c2)s1. The Morgan fingerprint density at radius 2 is 2.00 bits per heavy atom. The summed E-state index contributed by atoms with van der Waals surface area (Å²) in [5.41, 5.74) is 5.78. The van der Waals surface area contributed by atoms with Gasteiger partial charge in [0.05, 0.1) is 0 Å². The van der Waals surface area contributed by atoms with Gasteiger partial charge in [0.15, 0.2) is 0 Å². The van der Waals surface area contributed by atoms with Crippen molar-refractivity contribution >= 4 is 28.3 Å². The van der Waals surface area contributed by atoms with Crippen molar-refractivity contribution in [3.05, 3.63) is 40.4 Å². The molecule has 0 fully saturated rings. The van der Waals surface area contributed by atoms with E-state index in [2.05, 4.69) is 15.5 Å². The van der Waals surface area contributed by atoms with Crippen LogP contribution in [0.3, 0.4) is 0 Å². The summed E-state index contributed by atoms with van der Waals surface area (Å²) in [7, 11) is 0. The van der Waals surface area contributed by atoms with E-state index < -0.39 is 5.91 Å². The van der Waals surface area contributed by atoms with E-state index in [-0.39, 0.29) is 11.5 Å². The zero-order valence-electron chi connectivity index (χ0n) is 9.51. The Kier molecular flexibility index (Phi) is 3.33. The minimum atomic E-state index is -0.573. The number of nitrogens with one attached hydrogen (secondary N) is 1. The Morgan fingerprint density at radius 3 is 2.61 bits per heavy atom. The fourth-order valence-electron chi connectivity index (χ4n) is 1.33. The summed E-state index contributed by atoms with van der Waals surface area (Å²) < 4.78 is 0. The number of carbonyl (C=O) groups is 2. The summed E-state index contributed by atoms with van der Waals surface area (Å²) in [4.78, 5) is 22.9. The first-order chi connectivity index (χ1) is 8.56. The van der Waals surface area contributed by atoms with Crippen molar-refractivity contribution in [3.8, 4) is 0 Å². The summed E-state index contributed by atoms with van der Waals surface area (Å²) in [5.74, 6) is -0.925. The normalized spacial score (nSPS) is 10.1. The number of amides is 2. The van der Waals surface area contributed by atoms with Gasteiger partial charge in [0, 0.05) is 11.1 Å². The zero-order valence-corrected chi connectivity index (χ0v) is 10.3. The minimum Gasteiger partial charge on any atom is -0.366 e. The van der Waals surface area contributed by atoms with Gasteiger partial charge in [-0.25, -0.2) is 0 Å². The Labute approximate surface area is 107 Å². The van der Waals surface area contributed by atoms with Crippen LogP contribution in [-0.2, 0) is 0 Å². The third-order valence-corrected chi connectivity index (χ3v) is 2.91. The number of aryl methyl sites for hydroxylation is 1. The van der Waals surface area contributed by atoms with E-state index in [1.54, 1.807) is 25.1 Å². The van der Waals surface area contributed by atoms with Crippen molar-refractivity contribution in [1.29, 1.82) is 0 Å². The lowest BCUT2D eigenvalue weighted by Crippen LogP contribution is -2.15. The number of nitrogens with zero attached hydrogens (tertiary/aromatic N) is 2. The van der Waals surface area contributed by atoms with Crippen LogP contribution in [-0.4, -0.2) is 22.0 Å². The number of carbonyl (C=O) groups excluding carboxylic acids is 2. The quantitative estimate of drug-likeness (QED) is 0.868. The lowest BCUT2D eigenvalue weighted by Gasteiger charge is -2.02. The van der Waals surface area contributed by atoms with Crippen molar-refractivity contribution in [1.82, 2.24) is 10.2 Å². The molecular weight excluding hydrogens is 252 g/mol. The van der Waals surface area contributed by atoms with Crippen LogP contribution < -0.4 is 11.1 Å². The molecule has 0 radical (unpaired) electrons. The molecule has 18 heavy (non-hydrogen) atoms. The molecule has 0 aliphatic rings. The highest BCUT2D eigenvalue weighted by Gasteiger charge is 2.10. The number of rotatable bonds is 3. The van der Waals surface area contributed by atoms with Gasteiger partial charge in [-0.15, -0.1) is 10.2 Å². The fourth-order valence-corrected chi connectivity index (χ4v) is 1.92. The average Bonchev–Trinajstić information content (AvgIpc) is 2.75. The highest BCUT2D eigenvalue weighted by atomic mass is 32.1. The molecule has 1 heterocycles. The number of benzene rings is 1. The molecule has 2 aromatic rings. The lowest BCUT2D eigenvalue weighted by atomic mass is 10.1. The number of hydrogen-bond donors (Lipinski definition) is 2. The average molecular weight is 262 g/mol. The summed E-state index contributed by atoms with van der Waals surface area (Å²) in [6.45, 7) is 1.79. The van der Waals surface area contributed by atoms with E-state index in [0.717, 1.165) is 5.01 Å². The van der Waals surface area contributed by atoms with E-state index in [1.807, 2.05) is 0 Å². The molecule has 0 atom stereocenters. The predicted molar refractivity (Wildman–Crippen MR) is 67.6 cm³/mol. The summed E-state index contributed by atoms with van der Waals surface area (Å²) >= 11 is 1.28. The molecule has 6 nitrogen and oxygen atoms in total. The second-order valence-electron chi connectivity index (χ2n) is 3.53. The maximum Gasteiger partial charge on any atom is 0.257 e.